The van der Waals surface area contributed by atoms with Gasteiger partial charge in [0, 0.05) is 66.1 Å². The van der Waals surface area contributed by atoms with Crippen molar-refractivity contribution >= 4 is 39.7 Å². The van der Waals surface area contributed by atoms with Crippen LogP contribution in [0.2, 0.25) is 5.02 Å². The molecule has 6 nitrogen and oxygen atoms in total. The summed E-state index contributed by atoms with van der Waals surface area (Å²) in [6.45, 7) is 5.71. The van der Waals surface area contributed by atoms with Crippen LogP contribution >= 0.6 is 22.9 Å². The lowest BCUT2D eigenvalue weighted by Gasteiger charge is -2.32. The summed E-state index contributed by atoms with van der Waals surface area (Å²) >= 11 is 7.69. The molecular formula is C19H22ClN5OS. The molecule has 0 bridgehead atoms. The third-order valence-corrected chi connectivity index (χ3v) is 5.81. The van der Waals surface area contributed by atoms with Crippen LogP contribution in [0.3, 0.4) is 0 Å². The van der Waals surface area contributed by atoms with Crippen LogP contribution in [0, 0.1) is 0 Å². The fourth-order valence-electron chi connectivity index (χ4n) is 3.42. The maximum absolute atomic E-state index is 12.9. The van der Waals surface area contributed by atoms with Gasteiger partial charge in [-0.15, -0.1) is 11.3 Å². The Morgan fingerprint density at radius 3 is 2.89 bits per heavy atom. The number of benzene rings is 1. The molecule has 4 rings (SSSR count). The largest absolute Gasteiger partial charge is 0.350 e. The fraction of sp³-hybridized carbons (Fsp3) is 0.368. The molecule has 0 radical (unpaired) electrons. The monoisotopic (exact) mass is 403 g/mol. The molecular weight excluding hydrogens is 382 g/mol. The van der Waals surface area contributed by atoms with E-state index in [1.165, 1.54) is 11.3 Å². The van der Waals surface area contributed by atoms with Crippen molar-refractivity contribution in [1.82, 2.24) is 25.1 Å². The number of carbonyl (C=O) groups is 1. The number of fused-ring (bicyclic) bond motifs is 1. The molecule has 1 aromatic carbocycles. The van der Waals surface area contributed by atoms with Crippen molar-refractivity contribution in [3.8, 4) is 11.3 Å². The molecule has 1 saturated heterocycles. The SMILES string of the molecule is CN1CCN(CCNC(=O)c2[nH]c3ccc(Cl)cc3c2-c2cscn2)CC1. The van der Waals surface area contributed by atoms with Crippen molar-refractivity contribution in [1.29, 1.82) is 0 Å². The van der Waals surface area contributed by atoms with E-state index >= 15 is 0 Å². The highest BCUT2D eigenvalue weighted by Crippen LogP contribution is 2.33. The minimum atomic E-state index is -0.112. The van der Waals surface area contributed by atoms with E-state index in [0.29, 0.717) is 17.3 Å². The van der Waals surface area contributed by atoms with Gasteiger partial charge in [-0.2, -0.15) is 0 Å². The zero-order valence-electron chi connectivity index (χ0n) is 15.2. The van der Waals surface area contributed by atoms with Crippen molar-refractivity contribution in [2.45, 2.75) is 0 Å². The van der Waals surface area contributed by atoms with Gasteiger partial charge in [0.2, 0.25) is 0 Å². The van der Waals surface area contributed by atoms with E-state index in [1.54, 1.807) is 5.51 Å². The topological polar surface area (TPSA) is 64.3 Å². The number of aromatic amines is 1. The van der Waals surface area contributed by atoms with Gasteiger partial charge in [0.05, 0.1) is 11.2 Å². The van der Waals surface area contributed by atoms with Crippen LogP contribution < -0.4 is 5.32 Å². The van der Waals surface area contributed by atoms with Gasteiger partial charge in [0.15, 0.2) is 0 Å². The maximum Gasteiger partial charge on any atom is 0.268 e. The van der Waals surface area contributed by atoms with Gasteiger partial charge in [-0.3, -0.25) is 9.69 Å². The summed E-state index contributed by atoms with van der Waals surface area (Å²) < 4.78 is 0. The molecule has 1 aliphatic rings. The molecule has 2 aromatic heterocycles. The summed E-state index contributed by atoms with van der Waals surface area (Å²) in [7, 11) is 2.14. The first kappa shape index (κ1) is 18.4. The van der Waals surface area contributed by atoms with Gasteiger partial charge in [-0.1, -0.05) is 11.6 Å². The number of carbonyl (C=O) groups excluding carboxylic acids is 1. The predicted octanol–water partition coefficient (Wildman–Crippen LogP) is 2.92. The Hall–Kier alpha value is -1.93. The van der Waals surface area contributed by atoms with Crippen LogP contribution in [-0.2, 0) is 0 Å². The highest BCUT2D eigenvalue weighted by Gasteiger charge is 2.21. The molecule has 27 heavy (non-hydrogen) atoms. The molecule has 0 aliphatic carbocycles. The number of halogens is 1. The molecule has 1 aliphatic heterocycles. The first-order valence-electron chi connectivity index (χ1n) is 9.00. The number of nitrogens with zero attached hydrogens (tertiary/aromatic N) is 3. The predicted molar refractivity (Wildman–Crippen MR) is 111 cm³/mol. The Balaban J connectivity index is 1.52. The second-order valence-electron chi connectivity index (χ2n) is 6.84. The number of piperazine rings is 1. The molecule has 1 amide bonds. The minimum absolute atomic E-state index is 0.112. The smallest absolute Gasteiger partial charge is 0.268 e. The van der Waals surface area contributed by atoms with E-state index < -0.39 is 0 Å². The molecule has 0 unspecified atom stereocenters. The summed E-state index contributed by atoms with van der Waals surface area (Å²) in [5.41, 5.74) is 4.79. The lowest BCUT2D eigenvalue weighted by molar-refractivity contribution is 0.0937. The van der Waals surface area contributed by atoms with Crippen molar-refractivity contribution in [3.05, 3.63) is 39.8 Å². The summed E-state index contributed by atoms with van der Waals surface area (Å²) in [6, 6.07) is 5.60. The number of nitrogens with one attached hydrogen (secondary N) is 2. The van der Waals surface area contributed by atoms with Gasteiger partial charge in [-0.25, -0.2) is 4.98 Å². The number of likely N-dealkylation sites (N-methyl/N-ethyl adjacent to an activating group) is 1. The van der Waals surface area contributed by atoms with Gasteiger partial charge in [0.1, 0.15) is 5.69 Å². The minimum Gasteiger partial charge on any atom is -0.350 e. The zero-order chi connectivity index (χ0) is 18.8. The Morgan fingerprint density at radius 1 is 1.33 bits per heavy atom. The summed E-state index contributed by atoms with van der Waals surface area (Å²) in [5.74, 6) is -0.112. The molecule has 0 saturated carbocycles. The lowest BCUT2D eigenvalue weighted by atomic mass is 10.1. The van der Waals surface area contributed by atoms with Crippen molar-refractivity contribution in [3.63, 3.8) is 0 Å². The van der Waals surface area contributed by atoms with E-state index in [9.17, 15) is 4.79 Å². The summed E-state index contributed by atoms with van der Waals surface area (Å²) in [4.78, 5) is 25.2. The van der Waals surface area contributed by atoms with Crippen LogP contribution in [0.15, 0.2) is 29.1 Å². The van der Waals surface area contributed by atoms with Crippen molar-refractivity contribution in [2.75, 3.05) is 46.3 Å². The van der Waals surface area contributed by atoms with Crippen LogP contribution in [0.25, 0.3) is 22.2 Å². The average molecular weight is 404 g/mol. The van der Waals surface area contributed by atoms with E-state index in [4.69, 9.17) is 11.6 Å². The molecule has 0 spiro atoms. The van der Waals surface area contributed by atoms with Crippen LogP contribution in [0.5, 0.6) is 0 Å². The Labute approximate surface area is 167 Å². The van der Waals surface area contributed by atoms with Crippen LogP contribution in [0.4, 0.5) is 0 Å². The van der Waals surface area contributed by atoms with Gasteiger partial charge in [-0.05, 0) is 25.2 Å². The van der Waals surface area contributed by atoms with E-state index in [0.717, 1.165) is 54.9 Å². The Morgan fingerprint density at radius 2 is 2.15 bits per heavy atom. The number of amides is 1. The molecule has 0 atom stereocenters. The first-order chi connectivity index (χ1) is 13.1. The third-order valence-electron chi connectivity index (χ3n) is 4.99. The molecule has 3 heterocycles. The second kappa shape index (κ2) is 7.98. The van der Waals surface area contributed by atoms with Crippen LogP contribution in [-0.4, -0.2) is 72.0 Å². The molecule has 1 fully saturated rings. The second-order valence-corrected chi connectivity index (χ2v) is 7.99. The maximum atomic E-state index is 12.9. The first-order valence-corrected chi connectivity index (χ1v) is 10.3. The van der Waals surface area contributed by atoms with E-state index in [-0.39, 0.29) is 5.91 Å². The van der Waals surface area contributed by atoms with Crippen molar-refractivity contribution in [2.24, 2.45) is 0 Å². The molecule has 2 N–H and O–H groups in total. The van der Waals surface area contributed by atoms with E-state index in [1.807, 2.05) is 23.6 Å². The lowest BCUT2D eigenvalue weighted by Crippen LogP contribution is -2.46. The third kappa shape index (κ3) is 4.01. The number of aromatic nitrogens is 2. The van der Waals surface area contributed by atoms with Gasteiger partial charge in [0.25, 0.3) is 5.91 Å². The normalized spacial score (nSPS) is 16.1. The highest BCUT2D eigenvalue weighted by molar-refractivity contribution is 7.07. The zero-order valence-corrected chi connectivity index (χ0v) is 16.7. The highest BCUT2D eigenvalue weighted by atomic mass is 35.5. The van der Waals surface area contributed by atoms with E-state index in [2.05, 4.69) is 32.1 Å². The van der Waals surface area contributed by atoms with Crippen LogP contribution in [0.1, 0.15) is 10.5 Å². The Bertz CT molecular complexity index is 931. The number of H-pyrrole nitrogens is 1. The average Bonchev–Trinajstić information content (AvgIpc) is 3.30. The molecule has 142 valence electrons. The number of rotatable bonds is 5. The quantitative estimate of drug-likeness (QED) is 0.687. The van der Waals surface area contributed by atoms with Crippen molar-refractivity contribution < 1.29 is 4.79 Å². The Kier molecular flexibility index (Phi) is 5.45. The van der Waals surface area contributed by atoms with Gasteiger partial charge >= 0.3 is 0 Å². The summed E-state index contributed by atoms with van der Waals surface area (Å²) in [5, 5.41) is 6.55. The standard InChI is InChI=1S/C19H22ClN5OS/c1-24-6-8-25(9-7-24)5-4-21-19(26)18-17(16-11-27-12-22-16)14-10-13(20)2-3-15(14)23-18/h2-3,10-12,23H,4-9H2,1H3,(H,21,26). The molecule has 3 aromatic rings. The number of hydrogen-bond donors (Lipinski definition) is 2. The summed E-state index contributed by atoms with van der Waals surface area (Å²) in [6.07, 6.45) is 0. The van der Waals surface area contributed by atoms with Gasteiger partial charge < -0.3 is 15.2 Å². The number of thiazole rings is 1. The molecule has 8 heteroatoms. The fourth-order valence-corrected chi connectivity index (χ4v) is 4.14. The number of hydrogen-bond acceptors (Lipinski definition) is 5.